The fourth-order valence-corrected chi connectivity index (χ4v) is 3.45. The molecule has 0 saturated heterocycles. The van der Waals surface area contributed by atoms with Gasteiger partial charge in [0.15, 0.2) is 0 Å². The van der Waals surface area contributed by atoms with Crippen molar-refractivity contribution in [1.29, 1.82) is 5.41 Å². The maximum absolute atomic E-state index is 13.6. The first-order chi connectivity index (χ1) is 14.9. The molecule has 3 N–H and O–H groups in total. The molecule has 0 aromatic heterocycles. The van der Waals surface area contributed by atoms with E-state index < -0.39 is 5.97 Å². The standard InChI is InChI=1S/C23H26N4O4/c1-4-31-23(29)20(25)19-13-14-27(17-7-5-15(24)6-8-17)22(28)21(19)26(2)16-9-11-18(30-3)12-10-16/h5-12,25H,4,13-14,24H2,1-3H3. The van der Waals surface area contributed by atoms with Crippen LogP contribution in [0.25, 0.3) is 0 Å². The predicted octanol–water partition coefficient (Wildman–Crippen LogP) is 2.99. The lowest BCUT2D eigenvalue weighted by atomic mass is 9.97. The third kappa shape index (κ3) is 4.53. The van der Waals surface area contributed by atoms with Crippen LogP contribution in [0.1, 0.15) is 13.3 Å². The van der Waals surface area contributed by atoms with E-state index in [4.69, 9.17) is 20.6 Å². The highest BCUT2D eigenvalue weighted by atomic mass is 16.5. The van der Waals surface area contributed by atoms with E-state index in [9.17, 15) is 9.59 Å². The van der Waals surface area contributed by atoms with Crippen molar-refractivity contribution in [1.82, 2.24) is 0 Å². The van der Waals surface area contributed by atoms with Crippen LogP contribution in [0.5, 0.6) is 5.75 Å². The number of rotatable bonds is 7. The largest absolute Gasteiger partial charge is 0.497 e. The van der Waals surface area contributed by atoms with Crippen molar-refractivity contribution in [3.05, 3.63) is 59.8 Å². The predicted molar refractivity (Wildman–Crippen MR) is 121 cm³/mol. The number of hydrogen-bond donors (Lipinski definition) is 2. The van der Waals surface area contributed by atoms with Crippen LogP contribution in [-0.2, 0) is 14.3 Å². The summed E-state index contributed by atoms with van der Waals surface area (Å²) in [4.78, 5) is 29.1. The summed E-state index contributed by atoms with van der Waals surface area (Å²) in [5.74, 6) is -0.366. The molecule has 1 heterocycles. The molecule has 0 spiro atoms. The average molecular weight is 422 g/mol. The van der Waals surface area contributed by atoms with Crippen molar-refractivity contribution in [2.45, 2.75) is 13.3 Å². The Morgan fingerprint density at radius 2 is 1.81 bits per heavy atom. The molecule has 1 aliphatic heterocycles. The van der Waals surface area contributed by atoms with Gasteiger partial charge in [-0.2, -0.15) is 0 Å². The monoisotopic (exact) mass is 422 g/mol. The molecule has 8 heteroatoms. The van der Waals surface area contributed by atoms with Gasteiger partial charge in [-0.15, -0.1) is 0 Å². The fraction of sp³-hybridized carbons (Fsp3) is 0.261. The molecular weight excluding hydrogens is 396 g/mol. The summed E-state index contributed by atoms with van der Waals surface area (Å²) in [7, 11) is 3.31. The summed E-state index contributed by atoms with van der Waals surface area (Å²) >= 11 is 0. The van der Waals surface area contributed by atoms with Gasteiger partial charge in [0.1, 0.15) is 17.2 Å². The number of hydrogen-bond acceptors (Lipinski definition) is 7. The number of ether oxygens (including phenoxy) is 2. The Labute approximate surface area is 181 Å². The lowest BCUT2D eigenvalue weighted by Gasteiger charge is -2.34. The van der Waals surface area contributed by atoms with Gasteiger partial charge in [0.2, 0.25) is 0 Å². The van der Waals surface area contributed by atoms with Crippen LogP contribution in [0, 0.1) is 5.41 Å². The van der Waals surface area contributed by atoms with Gasteiger partial charge in [-0.1, -0.05) is 0 Å². The Bertz CT molecular complexity index is 1010. The van der Waals surface area contributed by atoms with Crippen molar-refractivity contribution < 1.29 is 19.1 Å². The van der Waals surface area contributed by atoms with Crippen molar-refractivity contribution in [3.63, 3.8) is 0 Å². The van der Waals surface area contributed by atoms with E-state index in [1.54, 1.807) is 67.3 Å². The Morgan fingerprint density at radius 3 is 2.39 bits per heavy atom. The van der Waals surface area contributed by atoms with Gasteiger partial charge in [0.05, 0.1) is 13.7 Å². The zero-order valence-electron chi connectivity index (χ0n) is 17.8. The molecule has 0 unspecified atom stereocenters. The summed E-state index contributed by atoms with van der Waals surface area (Å²) in [6.45, 7) is 2.17. The number of methoxy groups -OCH3 is 1. The molecule has 0 saturated carbocycles. The van der Waals surface area contributed by atoms with E-state index in [1.165, 1.54) is 0 Å². The number of nitrogens with one attached hydrogen (secondary N) is 1. The molecule has 0 aliphatic carbocycles. The number of anilines is 3. The molecule has 162 valence electrons. The SMILES string of the molecule is CCOC(=O)C(=N)C1=C(N(C)c2ccc(OC)cc2)C(=O)N(c2ccc(N)cc2)CC1. The van der Waals surface area contributed by atoms with Crippen LogP contribution in [0.4, 0.5) is 17.1 Å². The molecule has 0 fully saturated rings. The number of benzene rings is 2. The first-order valence-electron chi connectivity index (χ1n) is 9.91. The van der Waals surface area contributed by atoms with Crippen molar-refractivity contribution in [3.8, 4) is 5.75 Å². The first-order valence-corrected chi connectivity index (χ1v) is 9.91. The maximum Gasteiger partial charge on any atom is 0.356 e. The molecule has 0 atom stereocenters. The number of esters is 1. The molecule has 1 aliphatic rings. The number of likely N-dealkylation sites (N-methyl/N-ethyl adjacent to an activating group) is 1. The number of amides is 1. The van der Waals surface area contributed by atoms with Crippen LogP contribution in [0.3, 0.4) is 0 Å². The third-order valence-corrected chi connectivity index (χ3v) is 5.10. The molecule has 0 bridgehead atoms. The first kappa shape index (κ1) is 21.9. The minimum atomic E-state index is -0.744. The van der Waals surface area contributed by atoms with Crippen LogP contribution in [0.2, 0.25) is 0 Å². The Morgan fingerprint density at radius 1 is 1.16 bits per heavy atom. The second-order valence-electron chi connectivity index (χ2n) is 6.98. The van der Waals surface area contributed by atoms with E-state index in [1.807, 2.05) is 12.1 Å². The van der Waals surface area contributed by atoms with E-state index >= 15 is 0 Å². The smallest absolute Gasteiger partial charge is 0.356 e. The maximum atomic E-state index is 13.6. The quantitative estimate of drug-likeness (QED) is 0.403. The molecule has 2 aromatic carbocycles. The van der Waals surface area contributed by atoms with Gasteiger partial charge < -0.3 is 25.0 Å². The molecule has 1 amide bonds. The van der Waals surface area contributed by atoms with Crippen molar-refractivity contribution in [2.75, 3.05) is 42.8 Å². The number of nitrogens with zero attached hydrogens (tertiary/aromatic N) is 2. The summed E-state index contributed by atoms with van der Waals surface area (Å²) in [5.41, 5.74) is 8.10. The summed E-state index contributed by atoms with van der Waals surface area (Å²) < 4.78 is 10.2. The number of carbonyl (C=O) groups excluding carboxylic acids is 2. The van der Waals surface area contributed by atoms with Gasteiger partial charge in [-0.3, -0.25) is 10.2 Å². The van der Waals surface area contributed by atoms with Crippen LogP contribution in [0.15, 0.2) is 59.8 Å². The number of nitrogens with two attached hydrogens (primary N) is 1. The third-order valence-electron chi connectivity index (χ3n) is 5.10. The zero-order chi connectivity index (χ0) is 22.5. The fourth-order valence-electron chi connectivity index (χ4n) is 3.45. The van der Waals surface area contributed by atoms with Crippen LogP contribution in [-0.4, -0.2) is 44.9 Å². The van der Waals surface area contributed by atoms with Gasteiger partial charge in [0.25, 0.3) is 5.91 Å². The molecule has 0 radical (unpaired) electrons. The Kier molecular flexibility index (Phi) is 6.59. The molecule has 31 heavy (non-hydrogen) atoms. The second kappa shape index (κ2) is 9.34. The minimum absolute atomic E-state index is 0.156. The van der Waals surface area contributed by atoms with Crippen molar-refractivity contribution >= 4 is 34.7 Å². The molecular formula is C23H26N4O4. The van der Waals surface area contributed by atoms with Gasteiger partial charge in [0, 0.05) is 36.2 Å². The number of carbonyl (C=O) groups is 2. The Balaban J connectivity index is 2.05. The van der Waals surface area contributed by atoms with Crippen molar-refractivity contribution in [2.24, 2.45) is 0 Å². The molecule has 3 rings (SSSR count). The van der Waals surface area contributed by atoms with E-state index in [2.05, 4.69) is 0 Å². The lowest BCUT2D eigenvalue weighted by molar-refractivity contribution is -0.135. The molecule has 2 aromatic rings. The zero-order valence-corrected chi connectivity index (χ0v) is 17.8. The van der Waals surface area contributed by atoms with E-state index in [0.717, 1.165) is 5.69 Å². The van der Waals surface area contributed by atoms with Gasteiger partial charge in [-0.25, -0.2) is 4.79 Å². The van der Waals surface area contributed by atoms with Crippen LogP contribution >= 0.6 is 0 Å². The van der Waals surface area contributed by atoms with E-state index in [0.29, 0.717) is 35.7 Å². The average Bonchev–Trinajstić information content (AvgIpc) is 2.79. The Hall–Kier alpha value is -3.81. The summed E-state index contributed by atoms with van der Waals surface area (Å²) in [6.07, 6.45) is 0.337. The highest BCUT2D eigenvalue weighted by Crippen LogP contribution is 2.31. The minimum Gasteiger partial charge on any atom is -0.497 e. The highest BCUT2D eigenvalue weighted by molar-refractivity contribution is 6.43. The second-order valence-corrected chi connectivity index (χ2v) is 6.98. The van der Waals surface area contributed by atoms with Gasteiger partial charge in [-0.05, 0) is 61.9 Å². The van der Waals surface area contributed by atoms with Crippen LogP contribution < -0.4 is 20.3 Å². The number of nitrogen functional groups attached to an aromatic ring is 1. The van der Waals surface area contributed by atoms with Gasteiger partial charge >= 0.3 is 5.97 Å². The molecule has 8 nitrogen and oxygen atoms in total. The lowest BCUT2D eigenvalue weighted by Crippen LogP contribution is -2.44. The normalized spacial score (nSPS) is 13.8. The summed E-state index contributed by atoms with van der Waals surface area (Å²) in [6, 6.07) is 14.2. The highest BCUT2D eigenvalue weighted by Gasteiger charge is 2.34. The topological polar surface area (TPSA) is 109 Å². The van der Waals surface area contributed by atoms with E-state index in [-0.39, 0.29) is 23.9 Å². The summed E-state index contributed by atoms with van der Waals surface area (Å²) in [5, 5.41) is 8.36.